The van der Waals surface area contributed by atoms with E-state index in [1.807, 2.05) is 18.2 Å². The molecule has 0 atom stereocenters. The summed E-state index contributed by atoms with van der Waals surface area (Å²) in [4.78, 5) is 2.24. The first-order valence-electron chi connectivity index (χ1n) is 7.70. The van der Waals surface area contributed by atoms with Crippen molar-refractivity contribution >= 4 is 5.69 Å². The molecule has 0 saturated carbocycles. The van der Waals surface area contributed by atoms with Gasteiger partial charge in [-0.2, -0.15) is 5.10 Å². The average Bonchev–Trinajstić information content (AvgIpc) is 2.91. The lowest BCUT2D eigenvalue weighted by atomic mass is 10.1. The van der Waals surface area contributed by atoms with Gasteiger partial charge < -0.3 is 5.73 Å². The van der Waals surface area contributed by atoms with Crippen molar-refractivity contribution in [1.29, 1.82) is 0 Å². The number of anilines is 1. The van der Waals surface area contributed by atoms with Crippen LogP contribution in [0.5, 0.6) is 0 Å². The molecule has 0 aliphatic carbocycles. The van der Waals surface area contributed by atoms with E-state index in [4.69, 9.17) is 10.8 Å². The highest BCUT2D eigenvalue weighted by Crippen LogP contribution is 2.16. The number of hydrogen-bond acceptors (Lipinski definition) is 3. The van der Waals surface area contributed by atoms with Crippen molar-refractivity contribution in [3.05, 3.63) is 47.8 Å². The Hall–Kier alpha value is -1.81. The largest absolute Gasteiger partial charge is 0.398 e. The number of aromatic nitrogens is 2. The maximum Gasteiger partial charge on any atom is 0.0764 e. The molecule has 1 aromatic heterocycles. The van der Waals surface area contributed by atoms with Gasteiger partial charge in [0, 0.05) is 25.0 Å². The summed E-state index contributed by atoms with van der Waals surface area (Å²) in [6.45, 7) is 6.09. The topological polar surface area (TPSA) is 47.1 Å². The van der Waals surface area contributed by atoms with Crippen molar-refractivity contribution < 1.29 is 0 Å². The van der Waals surface area contributed by atoms with Crippen LogP contribution >= 0.6 is 0 Å². The molecule has 1 heterocycles. The summed E-state index contributed by atoms with van der Waals surface area (Å²) in [6, 6.07) is 10.6. The Bertz CT molecular complexity index is 557. The van der Waals surface area contributed by atoms with E-state index < -0.39 is 0 Å². The second-order valence-electron chi connectivity index (χ2n) is 5.63. The lowest BCUT2D eigenvalue weighted by Crippen LogP contribution is -2.19. The van der Waals surface area contributed by atoms with Crippen molar-refractivity contribution in [3.8, 4) is 0 Å². The van der Waals surface area contributed by atoms with E-state index in [9.17, 15) is 0 Å². The molecule has 4 heteroatoms. The van der Waals surface area contributed by atoms with Gasteiger partial charge in [-0.3, -0.25) is 9.58 Å². The lowest BCUT2D eigenvalue weighted by Gasteiger charge is -2.17. The zero-order valence-corrected chi connectivity index (χ0v) is 13.3. The van der Waals surface area contributed by atoms with Crippen LogP contribution in [0.1, 0.15) is 44.0 Å². The first-order chi connectivity index (χ1) is 10.1. The Morgan fingerprint density at radius 1 is 1.14 bits per heavy atom. The fourth-order valence-electron chi connectivity index (χ4n) is 2.63. The molecule has 0 unspecified atom stereocenters. The fraction of sp³-hybridized carbons (Fsp3) is 0.471. The van der Waals surface area contributed by atoms with Crippen LogP contribution in [0.4, 0.5) is 5.69 Å². The number of nitrogen functional groups attached to an aromatic ring is 1. The van der Waals surface area contributed by atoms with Gasteiger partial charge in [-0.25, -0.2) is 0 Å². The predicted molar refractivity (Wildman–Crippen MR) is 87.9 cm³/mol. The molecule has 0 bridgehead atoms. The van der Waals surface area contributed by atoms with Crippen molar-refractivity contribution in [2.45, 2.75) is 45.8 Å². The zero-order chi connectivity index (χ0) is 15.2. The summed E-state index contributed by atoms with van der Waals surface area (Å²) in [7, 11) is 2.10. The van der Waals surface area contributed by atoms with Crippen LogP contribution in [0, 0.1) is 0 Å². The summed E-state index contributed by atoms with van der Waals surface area (Å²) in [5.41, 5.74) is 9.13. The molecule has 0 saturated heterocycles. The Labute approximate surface area is 127 Å². The minimum absolute atomic E-state index is 0.508. The van der Waals surface area contributed by atoms with Crippen LogP contribution in [0.3, 0.4) is 0 Å². The van der Waals surface area contributed by atoms with Gasteiger partial charge in [0.2, 0.25) is 0 Å². The van der Waals surface area contributed by atoms with E-state index in [-0.39, 0.29) is 0 Å². The Kier molecular flexibility index (Phi) is 5.39. The third-order valence-electron chi connectivity index (χ3n) is 3.91. The second kappa shape index (κ2) is 7.27. The smallest absolute Gasteiger partial charge is 0.0764 e. The van der Waals surface area contributed by atoms with Crippen LogP contribution < -0.4 is 5.73 Å². The summed E-state index contributed by atoms with van der Waals surface area (Å²) in [5, 5.41) is 4.70. The van der Waals surface area contributed by atoms with Crippen LogP contribution in [0.2, 0.25) is 0 Å². The maximum atomic E-state index is 6.00. The van der Waals surface area contributed by atoms with Crippen LogP contribution in [-0.4, -0.2) is 21.7 Å². The molecule has 4 nitrogen and oxygen atoms in total. The molecule has 2 rings (SSSR count). The number of hydrogen-bond donors (Lipinski definition) is 1. The molecule has 114 valence electrons. The normalized spacial score (nSPS) is 11.5. The van der Waals surface area contributed by atoms with Gasteiger partial charge >= 0.3 is 0 Å². The highest BCUT2D eigenvalue weighted by atomic mass is 15.3. The van der Waals surface area contributed by atoms with E-state index >= 15 is 0 Å². The first kappa shape index (κ1) is 15.6. The molecular formula is C17H26N4. The van der Waals surface area contributed by atoms with E-state index in [2.05, 4.69) is 48.8 Å². The standard InChI is InChI=1S/C17H26N4/c1-4-16(5-2)21-11-10-15(19-21)13-20(3)12-14-8-6-7-9-17(14)18/h6-11,16H,4-5,12-13,18H2,1-3H3. The van der Waals surface area contributed by atoms with Crippen molar-refractivity contribution in [3.63, 3.8) is 0 Å². The maximum absolute atomic E-state index is 6.00. The highest BCUT2D eigenvalue weighted by molar-refractivity contribution is 5.46. The number of para-hydroxylation sites is 1. The third kappa shape index (κ3) is 4.08. The van der Waals surface area contributed by atoms with Gasteiger partial charge in [0.15, 0.2) is 0 Å². The number of benzene rings is 1. The van der Waals surface area contributed by atoms with Crippen molar-refractivity contribution in [2.24, 2.45) is 0 Å². The summed E-state index contributed by atoms with van der Waals surface area (Å²) in [5.74, 6) is 0. The molecule has 0 amide bonds. The Morgan fingerprint density at radius 2 is 1.86 bits per heavy atom. The molecule has 0 aliphatic heterocycles. The first-order valence-corrected chi connectivity index (χ1v) is 7.70. The molecule has 2 aromatic rings. The van der Waals surface area contributed by atoms with Gasteiger partial charge in [-0.05, 0) is 37.6 Å². The minimum atomic E-state index is 0.508. The second-order valence-corrected chi connectivity index (χ2v) is 5.63. The number of rotatable bonds is 7. The number of nitrogens with two attached hydrogens (primary N) is 1. The van der Waals surface area contributed by atoms with Crippen LogP contribution in [-0.2, 0) is 13.1 Å². The fourth-order valence-corrected chi connectivity index (χ4v) is 2.63. The third-order valence-corrected chi connectivity index (χ3v) is 3.91. The van der Waals surface area contributed by atoms with Gasteiger partial charge in [0.25, 0.3) is 0 Å². The van der Waals surface area contributed by atoms with E-state index in [0.717, 1.165) is 37.3 Å². The summed E-state index contributed by atoms with van der Waals surface area (Å²) in [6.07, 6.45) is 4.33. The molecule has 0 spiro atoms. The lowest BCUT2D eigenvalue weighted by molar-refractivity contribution is 0.311. The molecular weight excluding hydrogens is 260 g/mol. The van der Waals surface area contributed by atoms with E-state index in [1.165, 1.54) is 5.56 Å². The molecule has 0 aliphatic rings. The van der Waals surface area contributed by atoms with E-state index in [1.54, 1.807) is 0 Å². The van der Waals surface area contributed by atoms with Crippen molar-refractivity contribution in [2.75, 3.05) is 12.8 Å². The Morgan fingerprint density at radius 3 is 2.52 bits per heavy atom. The summed E-state index contributed by atoms with van der Waals surface area (Å²) >= 11 is 0. The predicted octanol–water partition coefficient (Wildman–Crippen LogP) is 3.46. The van der Waals surface area contributed by atoms with Gasteiger partial charge in [-0.1, -0.05) is 32.0 Å². The van der Waals surface area contributed by atoms with Crippen LogP contribution in [0.15, 0.2) is 36.5 Å². The van der Waals surface area contributed by atoms with Gasteiger partial charge in [0.05, 0.1) is 11.7 Å². The Balaban J connectivity index is 1.97. The molecule has 2 N–H and O–H groups in total. The van der Waals surface area contributed by atoms with Crippen LogP contribution in [0.25, 0.3) is 0 Å². The quantitative estimate of drug-likeness (QED) is 0.793. The van der Waals surface area contributed by atoms with Gasteiger partial charge in [0.1, 0.15) is 0 Å². The number of nitrogens with zero attached hydrogens (tertiary/aromatic N) is 3. The molecule has 1 aromatic carbocycles. The molecule has 0 fully saturated rings. The minimum Gasteiger partial charge on any atom is -0.398 e. The molecule has 0 radical (unpaired) electrons. The van der Waals surface area contributed by atoms with E-state index in [0.29, 0.717) is 6.04 Å². The molecule has 21 heavy (non-hydrogen) atoms. The van der Waals surface area contributed by atoms with Crippen molar-refractivity contribution in [1.82, 2.24) is 14.7 Å². The highest BCUT2D eigenvalue weighted by Gasteiger charge is 2.10. The average molecular weight is 286 g/mol. The zero-order valence-electron chi connectivity index (χ0n) is 13.3. The monoisotopic (exact) mass is 286 g/mol. The van der Waals surface area contributed by atoms with Gasteiger partial charge in [-0.15, -0.1) is 0 Å². The summed E-state index contributed by atoms with van der Waals surface area (Å²) < 4.78 is 2.10. The SMILES string of the molecule is CCC(CC)n1ccc(CN(C)Cc2ccccc2N)n1.